The number of amides is 5. The van der Waals surface area contributed by atoms with Crippen molar-refractivity contribution in [1.82, 2.24) is 29.9 Å². The van der Waals surface area contributed by atoms with E-state index in [0.717, 1.165) is 71.4 Å². The molecule has 3 aliphatic rings. The molecule has 2 fully saturated rings. The number of piperidine rings is 1. The molecule has 0 spiro atoms. The molecule has 0 bridgehead atoms. The number of aromatic nitrogens is 1. The largest absolute Gasteiger partial charge is 0.496 e. The summed E-state index contributed by atoms with van der Waals surface area (Å²) >= 11 is 1.32. The Balaban J connectivity index is 0.909. The molecule has 4 aromatic rings. The van der Waals surface area contributed by atoms with Gasteiger partial charge in [-0.1, -0.05) is 6.07 Å². The summed E-state index contributed by atoms with van der Waals surface area (Å²) in [6.45, 7) is 1.81. The minimum atomic E-state index is -1.03. The van der Waals surface area contributed by atoms with E-state index in [1.807, 2.05) is 31.1 Å². The van der Waals surface area contributed by atoms with Gasteiger partial charge in [0.25, 0.3) is 23.3 Å². The van der Waals surface area contributed by atoms with Gasteiger partial charge in [-0.05, 0) is 109 Å². The first kappa shape index (κ1) is 42.5. The molecule has 2 aromatic carbocycles. The first-order valence-corrected chi connectivity index (χ1v) is 21.1. The maximum atomic E-state index is 13.7. The zero-order chi connectivity index (χ0) is 42.8. The molecule has 1 unspecified atom stereocenters. The molecule has 16 heteroatoms. The van der Waals surface area contributed by atoms with E-state index in [0.29, 0.717) is 46.7 Å². The lowest BCUT2D eigenvalue weighted by Crippen LogP contribution is -2.54. The van der Waals surface area contributed by atoms with Crippen molar-refractivity contribution in [3.8, 4) is 28.4 Å². The van der Waals surface area contributed by atoms with Gasteiger partial charge in [0, 0.05) is 48.6 Å². The fraction of sp³-hybridized carbons (Fsp3) is 0.455. The van der Waals surface area contributed by atoms with Crippen LogP contribution in [0.1, 0.15) is 87.3 Å². The number of fused-ring (bicyclic) bond motifs is 2. The molecule has 1 saturated heterocycles. The quantitative estimate of drug-likeness (QED) is 0.127. The van der Waals surface area contributed by atoms with Gasteiger partial charge in [0.05, 0.1) is 47.8 Å². The highest BCUT2D eigenvalue weighted by Gasteiger charge is 2.46. The molecule has 5 amide bonds. The molecule has 1 saturated carbocycles. The van der Waals surface area contributed by atoms with E-state index in [9.17, 15) is 28.8 Å². The first-order chi connectivity index (χ1) is 28.8. The number of rotatable bonds is 15. The summed E-state index contributed by atoms with van der Waals surface area (Å²) in [5.41, 5.74) is 2.73. The van der Waals surface area contributed by atoms with Crippen LogP contribution in [0, 0.1) is 0 Å². The smallest absolute Gasteiger partial charge is 0.266 e. The number of benzene rings is 2. The van der Waals surface area contributed by atoms with Crippen molar-refractivity contribution in [3.63, 3.8) is 0 Å². The van der Waals surface area contributed by atoms with Gasteiger partial charge in [-0.3, -0.25) is 39.0 Å². The number of ether oxygens (including phenoxy) is 3. The molecular weight excluding hydrogens is 789 g/mol. The van der Waals surface area contributed by atoms with E-state index in [2.05, 4.69) is 22.6 Å². The van der Waals surface area contributed by atoms with Crippen LogP contribution in [0.5, 0.6) is 17.2 Å². The highest BCUT2D eigenvalue weighted by atomic mass is 32.1. The number of hydrogen-bond acceptors (Lipinski definition) is 12. The van der Waals surface area contributed by atoms with Crippen LogP contribution in [0.3, 0.4) is 0 Å². The van der Waals surface area contributed by atoms with Crippen LogP contribution in [-0.2, 0) is 23.2 Å². The van der Waals surface area contributed by atoms with Crippen LogP contribution in [0.25, 0.3) is 21.2 Å². The van der Waals surface area contributed by atoms with Crippen LogP contribution in [0.2, 0.25) is 0 Å². The molecule has 2 aromatic heterocycles. The van der Waals surface area contributed by atoms with Crippen LogP contribution in [0.15, 0.2) is 47.4 Å². The second-order valence-corrected chi connectivity index (χ2v) is 17.1. The highest BCUT2D eigenvalue weighted by Crippen LogP contribution is 2.40. The molecule has 1 atom stereocenters. The molecule has 2 aliphatic heterocycles. The van der Waals surface area contributed by atoms with E-state index in [-0.39, 0.29) is 41.5 Å². The summed E-state index contributed by atoms with van der Waals surface area (Å²) in [5.74, 6) is -0.742. The van der Waals surface area contributed by atoms with Crippen LogP contribution < -0.4 is 30.4 Å². The van der Waals surface area contributed by atoms with Gasteiger partial charge in [-0.25, -0.2) is 0 Å². The number of carbonyl (C=O) groups is 5. The Morgan fingerprint density at radius 1 is 0.900 bits per heavy atom. The number of hydrogen-bond donors (Lipinski definition) is 2. The number of unbranched alkanes of at least 4 members (excludes halogenated alkanes) is 1. The summed E-state index contributed by atoms with van der Waals surface area (Å²) in [4.78, 5) is 83.4. The number of aryl methyl sites for hydroxylation is 1. The predicted octanol–water partition coefficient (Wildman–Crippen LogP) is 4.58. The second kappa shape index (κ2) is 18.0. The third kappa shape index (κ3) is 8.54. The van der Waals surface area contributed by atoms with Gasteiger partial charge in [0.15, 0.2) is 0 Å². The lowest BCUT2D eigenvalue weighted by molar-refractivity contribution is -0.136. The third-order valence-electron chi connectivity index (χ3n) is 11.7. The van der Waals surface area contributed by atoms with Crippen molar-refractivity contribution in [1.29, 1.82) is 0 Å². The molecule has 2 N–H and O–H groups in total. The van der Waals surface area contributed by atoms with E-state index in [1.54, 1.807) is 56.3 Å². The topological polar surface area (TPSA) is 169 Å². The minimum absolute atomic E-state index is 0.0222. The number of pyridine rings is 1. The molecule has 15 nitrogen and oxygen atoms in total. The lowest BCUT2D eigenvalue weighted by atomic mass is 9.90. The summed E-state index contributed by atoms with van der Waals surface area (Å²) in [6, 6.07) is 9.83. The van der Waals surface area contributed by atoms with Gasteiger partial charge in [0.2, 0.25) is 11.8 Å². The zero-order valence-corrected chi connectivity index (χ0v) is 35.7. The molecule has 7 rings (SSSR count). The Labute approximate surface area is 352 Å². The molecule has 60 heavy (non-hydrogen) atoms. The van der Waals surface area contributed by atoms with E-state index < -0.39 is 29.7 Å². The zero-order valence-electron chi connectivity index (χ0n) is 34.9. The molecule has 1 aliphatic carbocycles. The van der Waals surface area contributed by atoms with Crippen LogP contribution in [0.4, 0.5) is 0 Å². The van der Waals surface area contributed by atoms with E-state index >= 15 is 0 Å². The average Bonchev–Trinajstić information content (AvgIpc) is 3.79. The highest BCUT2D eigenvalue weighted by molar-refractivity contribution is 7.21. The van der Waals surface area contributed by atoms with E-state index in [4.69, 9.17) is 14.2 Å². The monoisotopic (exact) mass is 840 g/mol. The Hall–Kier alpha value is -5.58. The summed E-state index contributed by atoms with van der Waals surface area (Å²) in [6.07, 6.45) is 7.05. The average molecular weight is 841 g/mol. The predicted molar refractivity (Wildman–Crippen MR) is 227 cm³/mol. The van der Waals surface area contributed by atoms with Crippen molar-refractivity contribution in [2.24, 2.45) is 7.05 Å². The normalized spacial score (nSPS) is 19.3. The lowest BCUT2D eigenvalue weighted by Gasteiger charge is -2.35. The van der Waals surface area contributed by atoms with Gasteiger partial charge in [-0.2, -0.15) is 0 Å². The second-order valence-electron chi connectivity index (χ2n) is 16.1. The maximum Gasteiger partial charge on any atom is 0.266 e. The number of carbonyl (C=O) groups excluding carboxylic acids is 5. The number of imide groups is 2. The Morgan fingerprint density at radius 3 is 2.28 bits per heavy atom. The minimum Gasteiger partial charge on any atom is -0.496 e. The van der Waals surface area contributed by atoms with Crippen molar-refractivity contribution in [2.45, 2.75) is 76.0 Å². The van der Waals surface area contributed by atoms with Gasteiger partial charge < -0.3 is 33.9 Å². The molecular formula is C44H52N6O9S. The summed E-state index contributed by atoms with van der Waals surface area (Å²) in [5, 5.41) is 5.94. The van der Waals surface area contributed by atoms with E-state index in [1.165, 1.54) is 11.3 Å². The van der Waals surface area contributed by atoms with Crippen molar-refractivity contribution in [3.05, 3.63) is 74.5 Å². The fourth-order valence-corrected chi connectivity index (χ4v) is 9.61. The Bertz CT molecular complexity index is 2370. The van der Waals surface area contributed by atoms with Crippen molar-refractivity contribution < 1.29 is 38.2 Å². The van der Waals surface area contributed by atoms with Crippen LogP contribution in [-0.4, -0.2) is 115 Å². The number of nitrogens with zero attached hydrogens (tertiary/aromatic N) is 4. The number of nitrogens with one attached hydrogen (secondary N) is 2. The van der Waals surface area contributed by atoms with Gasteiger partial charge >= 0.3 is 0 Å². The maximum absolute atomic E-state index is 13.7. The van der Waals surface area contributed by atoms with Crippen molar-refractivity contribution >= 4 is 51.0 Å². The molecule has 318 valence electrons. The van der Waals surface area contributed by atoms with Gasteiger partial charge in [0.1, 0.15) is 23.3 Å². The SMILES string of the molecule is COc1cc(-c2cn(C)c(=O)c3cc(C(=O)NC4CCC(N(C)CCCCOc5cccc6c5C(=O)N(C5CCC(=O)NC5=O)C6=O)CC4)sc23)cc(OC)c1CN(C)C. The molecule has 4 heterocycles. The summed E-state index contributed by atoms with van der Waals surface area (Å²) in [7, 11) is 11.0. The van der Waals surface area contributed by atoms with Gasteiger partial charge in [-0.15, -0.1) is 11.3 Å². The number of methoxy groups -OCH3 is 2. The third-order valence-corrected chi connectivity index (χ3v) is 12.9. The first-order valence-electron chi connectivity index (χ1n) is 20.3. The molecule has 0 radical (unpaired) electrons. The number of thiophene rings is 1. The van der Waals surface area contributed by atoms with Crippen molar-refractivity contribution in [2.75, 3.05) is 48.5 Å². The fourth-order valence-electron chi connectivity index (χ4n) is 8.53. The summed E-state index contributed by atoms with van der Waals surface area (Å²) < 4.78 is 19.8. The Morgan fingerprint density at radius 2 is 1.62 bits per heavy atom. The van der Waals surface area contributed by atoms with Crippen LogP contribution >= 0.6 is 11.3 Å². The Kier molecular flexibility index (Phi) is 12.7. The standard InChI is InChI=1S/C44H52N6O9S/c1-47(2)23-31-34(57-5)20-25(21-35(31)58-6)30-24-49(4)42(54)29-22-36(60-39(29)30)41(53)45-26-12-14-27(15-13-26)48(3)18-7-8-19-59-33-11-9-10-28-38(33)44(56)50(43(28)55)32-16-17-37(51)46-40(32)52/h9-11,20-22,24,26-27,32H,7-8,12-19,23H2,1-6H3,(H,45,53)(H,46,51,52).